The summed E-state index contributed by atoms with van der Waals surface area (Å²) in [6.45, 7) is 7.80. The maximum absolute atomic E-state index is 10.3. The number of aromatic nitrogens is 3. The molecule has 6 nitrogen and oxygen atoms in total. The summed E-state index contributed by atoms with van der Waals surface area (Å²) in [7, 11) is 0. The number of hydrogen-bond donors (Lipinski definition) is 1. The molecular formula is C18H26N4O2. The van der Waals surface area contributed by atoms with Crippen LogP contribution in [0.3, 0.4) is 0 Å². The predicted octanol–water partition coefficient (Wildman–Crippen LogP) is 2.84. The molecule has 2 aromatic rings. The fraction of sp³-hybridized carbons (Fsp3) is 0.667. The highest BCUT2D eigenvalue weighted by atomic mass is 16.5. The van der Waals surface area contributed by atoms with E-state index in [0.717, 1.165) is 62.6 Å². The Bertz CT molecular complexity index is 702. The van der Waals surface area contributed by atoms with Crippen molar-refractivity contribution in [3.05, 3.63) is 35.0 Å². The van der Waals surface area contributed by atoms with E-state index in [4.69, 9.17) is 4.52 Å². The lowest BCUT2D eigenvalue weighted by atomic mass is 10.1. The van der Waals surface area contributed by atoms with Crippen molar-refractivity contribution in [1.29, 1.82) is 0 Å². The SMILES string of the molecule is CC(C)c1cc(CN2CCCn3nc([C@H](O)C4CC4)cc3C2)no1. The third kappa shape index (κ3) is 3.26. The maximum Gasteiger partial charge on any atom is 0.139 e. The van der Waals surface area contributed by atoms with Gasteiger partial charge in [0, 0.05) is 38.2 Å². The molecule has 0 amide bonds. The predicted molar refractivity (Wildman–Crippen MR) is 89.2 cm³/mol. The smallest absolute Gasteiger partial charge is 0.139 e. The molecule has 2 aliphatic rings. The van der Waals surface area contributed by atoms with Crippen molar-refractivity contribution in [1.82, 2.24) is 19.8 Å². The minimum atomic E-state index is -0.387. The Labute approximate surface area is 142 Å². The van der Waals surface area contributed by atoms with Crippen LogP contribution in [0.4, 0.5) is 0 Å². The normalized spacial score (nSPS) is 20.2. The molecule has 1 saturated carbocycles. The number of nitrogens with zero attached hydrogens (tertiary/aromatic N) is 4. The molecule has 130 valence electrons. The van der Waals surface area contributed by atoms with Crippen LogP contribution in [-0.2, 0) is 19.6 Å². The fourth-order valence-corrected chi connectivity index (χ4v) is 3.39. The summed E-state index contributed by atoms with van der Waals surface area (Å²) in [6.07, 6.45) is 2.92. The third-order valence-corrected chi connectivity index (χ3v) is 5.02. The lowest BCUT2D eigenvalue weighted by Crippen LogP contribution is -2.22. The van der Waals surface area contributed by atoms with Crippen molar-refractivity contribution in [3.8, 4) is 0 Å². The van der Waals surface area contributed by atoms with Gasteiger partial charge in [0.15, 0.2) is 0 Å². The van der Waals surface area contributed by atoms with Crippen LogP contribution in [0.15, 0.2) is 16.7 Å². The van der Waals surface area contributed by atoms with E-state index in [0.29, 0.717) is 11.8 Å². The summed E-state index contributed by atoms with van der Waals surface area (Å²) in [5.74, 6) is 1.73. The second-order valence-corrected chi connectivity index (χ2v) is 7.51. The van der Waals surface area contributed by atoms with E-state index in [2.05, 4.69) is 45.8 Å². The highest BCUT2D eigenvalue weighted by Gasteiger charge is 2.33. The van der Waals surface area contributed by atoms with Crippen molar-refractivity contribution in [2.24, 2.45) is 5.92 Å². The molecule has 0 spiro atoms. The maximum atomic E-state index is 10.3. The Balaban J connectivity index is 1.46. The van der Waals surface area contributed by atoms with Crippen molar-refractivity contribution < 1.29 is 9.63 Å². The van der Waals surface area contributed by atoms with Gasteiger partial charge in [-0.25, -0.2) is 0 Å². The van der Waals surface area contributed by atoms with E-state index in [-0.39, 0.29) is 6.10 Å². The zero-order valence-electron chi connectivity index (χ0n) is 14.5. The highest BCUT2D eigenvalue weighted by molar-refractivity contribution is 5.16. The molecule has 1 N–H and O–H groups in total. The standard InChI is InChI=1S/C18H26N4O2/c1-12(2)17-8-14(20-24-17)10-21-6-3-7-22-15(11-21)9-16(19-22)18(23)13-4-5-13/h8-9,12-13,18,23H,3-7,10-11H2,1-2H3/t18-/m1/s1. The molecule has 24 heavy (non-hydrogen) atoms. The molecule has 0 aromatic carbocycles. The number of fused-ring (bicyclic) bond motifs is 1. The van der Waals surface area contributed by atoms with Crippen LogP contribution in [0.5, 0.6) is 0 Å². The van der Waals surface area contributed by atoms with Crippen LogP contribution in [0, 0.1) is 5.92 Å². The monoisotopic (exact) mass is 330 g/mol. The lowest BCUT2D eigenvalue weighted by Gasteiger charge is -2.17. The molecule has 0 bridgehead atoms. The van der Waals surface area contributed by atoms with Crippen molar-refractivity contribution in [2.45, 2.75) is 64.8 Å². The molecule has 1 aliphatic heterocycles. The first-order valence-corrected chi connectivity index (χ1v) is 9.02. The second-order valence-electron chi connectivity index (χ2n) is 7.51. The van der Waals surface area contributed by atoms with Crippen LogP contribution < -0.4 is 0 Å². The van der Waals surface area contributed by atoms with Gasteiger partial charge >= 0.3 is 0 Å². The van der Waals surface area contributed by atoms with E-state index in [1.54, 1.807) is 0 Å². The van der Waals surface area contributed by atoms with Gasteiger partial charge in [0.25, 0.3) is 0 Å². The van der Waals surface area contributed by atoms with Gasteiger partial charge in [-0.15, -0.1) is 0 Å². The summed E-state index contributed by atoms with van der Waals surface area (Å²) in [5.41, 5.74) is 3.03. The third-order valence-electron chi connectivity index (χ3n) is 5.02. The van der Waals surface area contributed by atoms with Crippen molar-refractivity contribution >= 4 is 0 Å². The second kappa shape index (κ2) is 6.33. The van der Waals surface area contributed by atoms with Crippen LogP contribution >= 0.6 is 0 Å². The van der Waals surface area contributed by atoms with Gasteiger partial charge in [0.1, 0.15) is 11.9 Å². The molecule has 2 aromatic heterocycles. The van der Waals surface area contributed by atoms with E-state index in [1.807, 2.05) is 0 Å². The highest BCUT2D eigenvalue weighted by Crippen LogP contribution is 2.40. The Hall–Kier alpha value is -1.66. The van der Waals surface area contributed by atoms with Crippen molar-refractivity contribution in [2.75, 3.05) is 6.54 Å². The topological polar surface area (TPSA) is 67.3 Å². The van der Waals surface area contributed by atoms with Crippen LogP contribution in [0.1, 0.15) is 68.0 Å². The summed E-state index contributed by atoms with van der Waals surface area (Å²) in [6, 6.07) is 4.15. The summed E-state index contributed by atoms with van der Waals surface area (Å²) < 4.78 is 7.48. The van der Waals surface area contributed by atoms with Crippen LogP contribution in [-0.4, -0.2) is 31.5 Å². The van der Waals surface area contributed by atoms with Gasteiger partial charge in [-0.1, -0.05) is 19.0 Å². The average Bonchev–Trinajstić information content (AvgIpc) is 3.22. The molecule has 4 rings (SSSR count). The summed E-state index contributed by atoms with van der Waals surface area (Å²) >= 11 is 0. The Morgan fingerprint density at radius 2 is 2.12 bits per heavy atom. The van der Waals surface area contributed by atoms with Crippen LogP contribution in [0.2, 0.25) is 0 Å². The molecule has 0 saturated heterocycles. The lowest BCUT2D eigenvalue weighted by molar-refractivity contribution is 0.148. The quantitative estimate of drug-likeness (QED) is 0.913. The average molecular weight is 330 g/mol. The number of hydrogen-bond acceptors (Lipinski definition) is 5. The van der Waals surface area contributed by atoms with E-state index >= 15 is 0 Å². The number of rotatable bonds is 5. The summed E-state index contributed by atoms with van der Waals surface area (Å²) in [4.78, 5) is 2.38. The molecular weight excluding hydrogens is 304 g/mol. The first-order valence-electron chi connectivity index (χ1n) is 9.02. The molecule has 1 aliphatic carbocycles. The zero-order chi connectivity index (χ0) is 16.7. The minimum absolute atomic E-state index is 0.364. The Kier molecular flexibility index (Phi) is 4.18. The van der Waals surface area contributed by atoms with Gasteiger partial charge in [0.2, 0.25) is 0 Å². The number of aliphatic hydroxyl groups is 1. The van der Waals surface area contributed by atoms with Gasteiger partial charge in [-0.05, 0) is 31.2 Å². The number of aliphatic hydroxyl groups excluding tert-OH is 1. The van der Waals surface area contributed by atoms with Gasteiger partial charge < -0.3 is 9.63 Å². The summed E-state index contributed by atoms with van der Waals surface area (Å²) in [5, 5.41) is 19.2. The first kappa shape index (κ1) is 15.8. The molecule has 1 atom stereocenters. The fourth-order valence-electron chi connectivity index (χ4n) is 3.39. The molecule has 3 heterocycles. The molecule has 1 fully saturated rings. The Morgan fingerprint density at radius 1 is 1.29 bits per heavy atom. The van der Waals surface area contributed by atoms with E-state index in [9.17, 15) is 5.11 Å². The van der Waals surface area contributed by atoms with E-state index < -0.39 is 0 Å². The zero-order valence-corrected chi connectivity index (χ0v) is 14.5. The largest absolute Gasteiger partial charge is 0.386 e. The number of aryl methyl sites for hydroxylation is 1. The molecule has 6 heteroatoms. The first-order chi connectivity index (χ1) is 11.6. The minimum Gasteiger partial charge on any atom is -0.386 e. The molecule has 0 unspecified atom stereocenters. The van der Waals surface area contributed by atoms with Gasteiger partial charge in [-0.2, -0.15) is 5.10 Å². The molecule has 0 radical (unpaired) electrons. The van der Waals surface area contributed by atoms with E-state index in [1.165, 1.54) is 5.69 Å². The van der Waals surface area contributed by atoms with Crippen LogP contribution in [0.25, 0.3) is 0 Å². The Morgan fingerprint density at radius 3 is 2.83 bits per heavy atom. The van der Waals surface area contributed by atoms with Gasteiger partial charge in [-0.3, -0.25) is 9.58 Å². The van der Waals surface area contributed by atoms with Gasteiger partial charge in [0.05, 0.1) is 17.1 Å². The van der Waals surface area contributed by atoms with Crippen molar-refractivity contribution in [3.63, 3.8) is 0 Å².